The summed E-state index contributed by atoms with van der Waals surface area (Å²) in [5, 5.41) is 3.10. The van der Waals surface area contributed by atoms with Gasteiger partial charge in [-0.2, -0.15) is 13.2 Å². The fraction of sp³-hybridized carbons (Fsp3) is 0.625. The van der Waals surface area contributed by atoms with E-state index in [0.29, 0.717) is 31.7 Å². The van der Waals surface area contributed by atoms with Crippen molar-refractivity contribution in [2.24, 2.45) is 0 Å². The number of nitrogens with zero attached hydrogens (tertiary/aromatic N) is 2. The van der Waals surface area contributed by atoms with Gasteiger partial charge in [0, 0.05) is 45.0 Å². The van der Waals surface area contributed by atoms with Crippen LogP contribution in [-0.2, 0) is 0 Å². The van der Waals surface area contributed by atoms with E-state index in [9.17, 15) is 13.2 Å². The fourth-order valence-electron chi connectivity index (χ4n) is 3.00. The van der Waals surface area contributed by atoms with Gasteiger partial charge in [-0.1, -0.05) is 12.1 Å². The Kier molecular flexibility index (Phi) is 5.69. The molecule has 1 fully saturated rings. The topological polar surface area (TPSA) is 18.5 Å². The minimum absolute atomic E-state index is 0.324. The number of nitrogens with one attached hydrogen (secondary N) is 1. The molecule has 1 atom stereocenters. The van der Waals surface area contributed by atoms with Crippen LogP contribution in [0.1, 0.15) is 25.5 Å². The van der Waals surface area contributed by atoms with Crippen LogP contribution in [0.2, 0.25) is 0 Å². The number of anilines is 1. The maximum atomic E-state index is 13.5. The molecule has 3 nitrogen and oxygen atoms in total. The van der Waals surface area contributed by atoms with Crippen LogP contribution in [0.5, 0.6) is 0 Å². The molecule has 2 rings (SSSR count). The largest absolute Gasteiger partial charge is 0.408 e. The van der Waals surface area contributed by atoms with Gasteiger partial charge in [-0.3, -0.25) is 4.90 Å². The Morgan fingerprint density at radius 2 is 1.64 bits per heavy atom. The van der Waals surface area contributed by atoms with Crippen molar-refractivity contribution in [2.75, 3.05) is 44.2 Å². The molecule has 0 aliphatic carbocycles. The third kappa shape index (κ3) is 3.93. The zero-order valence-electron chi connectivity index (χ0n) is 13.2. The molecule has 0 saturated carbocycles. The SMILES string of the molecule is CCN(CC)c1ccc([C@@H](N2CCNCC2)C(F)(F)F)cc1. The van der Waals surface area contributed by atoms with Gasteiger partial charge in [0.1, 0.15) is 6.04 Å². The highest BCUT2D eigenvalue weighted by molar-refractivity contribution is 5.48. The minimum atomic E-state index is -4.26. The molecule has 6 heteroatoms. The molecule has 1 aliphatic rings. The van der Waals surface area contributed by atoms with E-state index in [1.165, 1.54) is 4.90 Å². The number of rotatable bonds is 5. The van der Waals surface area contributed by atoms with Gasteiger partial charge in [-0.25, -0.2) is 0 Å². The van der Waals surface area contributed by atoms with Crippen molar-refractivity contribution in [1.82, 2.24) is 10.2 Å². The third-order valence-corrected chi connectivity index (χ3v) is 4.16. The van der Waals surface area contributed by atoms with Crippen LogP contribution in [0.4, 0.5) is 18.9 Å². The Morgan fingerprint density at radius 1 is 1.09 bits per heavy atom. The predicted octanol–water partition coefficient (Wildman–Crippen LogP) is 3.04. The maximum absolute atomic E-state index is 13.5. The number of halogens is 3. The molecule has 1 N–H and O–H groups in total. The first kappa shape index (κ1) is 17.1. The molecule has 0 aromatic heterocycles. The third-order valence-electron chi connectivity index (χ3n) is 4.16. The lowest BCUT2D eigenvalue weighted by Crippen LogP contribution is -2.49. The first-order valence-electron chi connectivity index (χ1n) is 7.83. The van der Waals surface area contributed by atoms with Gasteiger partial charge in [-0.05, 0) is 31.5 Å². The summed E-state index contributed by atoms with van der Waals surface area (Å²) in [6, 6.07) is 5.31. The molecule has 0 unspecified atom stereocenters. The van der Waals surface area contributed by atoms with E-state index in [2.05, 4.69) is 10.2 Å². The summed E-state index contributed by atoms with van der Waals surface area (Å²) < 4.78 is 40.5. The van der Waals surface area contributed by atoms with Gasteiger partial charge in [0.05, 0.1) is 0 Å². The summed E-state index contributed by atoms with van der Waals surface area (Å²) in [6.07, 6.45) is -4.26. The second-order valence-electron chi connectivity index (χ2n) is 5.49. The van der Waals surface area contributed by atoms with E-state index in [0.717, 1.165) is 18.8 Å². The zero-order valence-corrected chi connectivity index (χ0v) is 13.2. The Hall–Kier alpha value is -1.27. The highest BCUT2D eigenvalue weighted by Crippen LogP contribution is 2.38. The fourth-order valence-corrected chi connectivity index (χ4v) is 3.00. The van der Waals surface area contributed by atoms with E-state index in [4.69, 9.17) is 0 Å². The van der Waals surface area contributed by atoms with Crippen molar-refractivity contribution in [1.29, 1.82) is 0 Å². The average molecular weight is 315 g/mol. The van der Waals surface area contributed by atoms with E-state index in [-0.39, 0.29) is 0 Å². The van der Waals surface area contributed by atoms with E-state index >= 15 is 0 Å². The van der Waals surface area contributed by atoms with Gasteiger partial charge in [0.15, 0.2) is 0 Å². The molecule has 0 amide bonds. The van der Waals surface area contributed by atoms with Crippen molar-refractivity contribution < 1.29 is 13.2 Å². The smallest absolute Gasteiger partial charge is 0.372 e. The number of benzene rings is 1. The second-order valence-corrected chi connectivity index (χ2v) is 5.49. The Balaban J connectivity index is 2.24. The summed E-state index contributed by atoms with van der Waals surface area (Å²) in [7, 11) is 0. The van der Waals surface area contributed by atoms with Crippen LogP contribution in [0.25, 0.3) is 0 Å². The quantitative estimate of drug-likeness (QED) is 0.901. The lowest BCUT2D eigenvalue weighted by molar-refractivity contribution is -0.187. The monoisotopic (exact) mass is 315 g/mol. The van der Waals surface area contributed by atoms with Crippen LogP contribution in [0, 0.1) is 0 Å². The van der Waals surface area contributed by atoms with Crippen molar-refractivity contribution in [3.05, 3.63) is 29.8 Å². The standard InChI is InChI=1S/C16H24F3N3/c1-3-21(4-2)14-7-5-13(6-8-14)15(16(17,18)19)22-11-9-20-10-12-22/h5-8,15,20H,3-4,9-12H2,1-2H3/t15-/m1/s1. The van der Waals surface area contributed by atoms with E-state index in [1.54, 1.807) is 24.3 Å². The molecule has 0 spiro atoms. The average Bonchev–Trinajstić information content (AvgIpc) is 2.50. The molecule has 0 bridgehead atoms. The van der Waals surface area contributed by atoms with Crippen LogP contribution in [0.3, 0.4) is 0 Å². The Labute approximate surface area is 130 Å². The lowest BCUT2D eigenvalue weighted by Gasteiger charge is -2.36. The molecule has 1 heterocycles. The molecule has 124 valence electrons. The maximum Gasteiger partial charge on any atom is 0.408 e. The highest BCUT2D eigenvalue weighted by Gasteiger charge is 2.44. The highest BCUT2D eigenvalue weighted by atomic mass is 19.4. The van der Waals surface area contributed by atoms with Gasteiger partial charge in [0.25, 0.3) is 0 Å². The van der Waals surface area contributed by atoms with Crippen molar-refractivity contribution in [2.45, 2.75) is 26.1 Å². The van der Waals surface area contributed by atoms with Crippen molar-refractivity contribution >= 4 is 5.69 Å². The summed E-state index contributed by atoms with van der Waals surface area (Å²) in [5.74, 6) is 0. The van der Waals surface area contributed by atoms with E-state index < -0.39 is 12.2 Å². The summed E-state index contributed by atoms with van der Waals surface area (Å²) in [6.45, 7) is 7.80. The molecule has 1 aromatic rings. The number of hydrogen-bond donors (Lipinski definition) is 1. The van der Waals surface area contributed by atoms with E-state index in [1.807, 2.05) is 13.8 Å². The molecule has 1 aliphatic heterocycles. The Bertz CT molecular complexity index is 449. The van der Waals surface area contributed by atoms with Crippen LogP contribution < -0.4 is 10.2 Å². The first-order chi connectivity index (χ1) is 10.5. The van der Waals surface area contributed by atoms with Gasteiger partial charge in [-0.15, -0.1) is 0 Å². The summed E-state index contributed by atoms with van der Waals surface area (Å²) in [5.41, 5.74) is 1.29. The molecule has 0 radical (unpaired) electrons. The Morgan fingerprint density at radius 3 is 2.09 bits per heavy atom. The van der Waals surface area contributed by atoms with Gasteiger partial charge in [0.2, 0.25) is 0 Å². The zero-order chi connectivity index (χ0) is 16.2. The minimum Gasteiger partial charge on any atom is -0.372 e. The predicted molar refractivity (Wildman–Crippen MR) is 83.2 cm³/mol. The number of hydrogen-bond acceptors (Lipinski definition) is 3. The van der Waals surface area contributed by atoms with Gasteiger partial charge >= 0.3 is 6.18 Å². The number of piperazine rings is 1. The molecular weight excluding hydrogens is 291 g/mol. The van der Waals surface area contributed by atoms with Gasteiger partial charge < -0.3 is 10.2 Å². The molecule has 22 heavy (non-hydrogen) atoms. The van der Waals surface area contributed by atoms with Crippen LogP contribution in [0.15, 0.2) is 24.3 Å². The molecule has 1 aromatic carbocycles. The normalized spacial score (nSPS) is 18.2. The number of alkyl halides is 3. The molecule has 1 saturated heterocycles. The van der Waals surface area contributed by atoms with Crippen molar-refractivity contribution in [3.8, 4) is 0 Å². The molecular formula is C16H24F3N3. The summed E-state index contributed by atoms with van der Waals surface area (Å²) in [4.78, 5) is 3.64. The van der Waals surface area contributed by atoms with Crippen LogP contribution >= 0.6 is 0 Å². The first-order valence-corrected chi connectivity index (χ1v) is 7.83. The van der Waals surface area contributed by atoms with Crippen LogP contribution in [-0.4, -0.2) is 50.3 Å². The van der Waals surface area contributed by atoms with Crippen molar-refractivity contribution in [3.63, 3.8) is 0 Å². The summed E-state index contributed by atoms with van der Waals surface area (Å²) >= 11 is 0. The second kappa shape index (κ2) is 7.33. The lowest BCUT2D eigenvalue weighted by atomic mass is 10.0.